The lowest BCUT2D eigenvalue weighted by Crippen LogP contribution is -2.33. The molecule has 0 aliphatic rings. The Morgan fingerprint density at radius 2 is 1.57 bits per heavy atom. The molecule has 0 saturated carbocycles. The Hall–Kier alpha value is -4.96. The number of rotatable bonds is 12. The van der Waals surface area contributed by atoms with Gasteiger partial charge in [-0.15, -0.1) is 11.3 Å². The molecule has 0 radical (unpaired) electrons. The quantitative estimate of drug-likeness (QED) is 0.106. The van der Waals surface area contributed by atoms with Crippen molar-refractivity contribution >= 4 is 40.3 Å². The van der Waals surface area contributed by atoms with Crippen LogP contribution in [-0.2, 0) is 16.1 Å². The highest BCUT2D eigenvalue weighted by atomic mass is 32.1. The van der Waals surface area contributed by atoms with Crippen molar-refractivity contribution in [3.63, 3.8) is 0 Å². The minimum absolute atomic E-state index is 0.240. The monoisotopic (exact) mass is 613 g/mol. The molecule has 0 spiro atoms. The molecule has 3 aromatic carbocycles. The van der Waals surface area contributed by atoms with Crippen LogP contribution in [0.4, 0.5) is 5.00 Å². The van der Waals surface area contributed by atoms with Gasteiger partial charge in [0.15, 0.2) is 6.10 Å². The van der Waals surface area contributed by atoms with Crippen molar-refractivity contribution in [2.45, 2.75) is 47.3 Å². The minimum Gasteiger partial charge on any atom is -0.489 e. The average Bonchev–Trinajstić information content (AvgIpc) is 3.29. The second kappa shape index (κ2) is 15.0. The number of carbonyl (C=O) groups excluding carboxylic acids is 3. The molecule has 1 aromatic heterocycles. The zero-order valence-corrected chi connectivity index (χ0v) is 26.1. The van der Waals surface area contributed by atoms with Crippen molar-refractivity contribution in [3.8, 4) is 11.5 Å². The van der Waals surface area contributed by atoms with Crippen LogP contribution < -0.4 is 20.2 Å². The number of aryl methyl sites for hydroxylation is 2. The number of thiophene rings is 1. The molecule has 44 heavy (non-hydrogen) atoms. The van der Waals surface area contributed by atoms with E-state index in [1.807, 2.05) is 57.2 Å². The smallest absolute Gasteiger partial charge is 0.341 e. The van der Waals surface area contributed by atoms with Gasteiger partial charge in [0, 0.05) is 10.4 Å². The Bertz CT molecular complexity index is 1630. The zero-order chi connectivity index (χ0) is 31.6. The van der Waals surface area contributed by atoms with Crippen LogP contribution in [0.1, 0.15) is 61.7 Å². The van der Waals surface area contributed by atoms with Crippen LogP contribution >= 0.6 is 11.3 Å². The maximum atomic E-state index is 12.9. The molecule has 9 nitrogen and oxygen atoms in total. The van der Waals surface area contributed by atoms with Crippen molar-refractivity contribution in [3.05, 3.63) is 111 Å². The summed E-state index contributed by atoms with van der Waals surface area (Å²) in [5, 5.41) is 7.27. The number of esters is 1. The van der Waals surface area contributed by atoms with Crippen LogP contribution in [0, 0.1) is 20.8 Å². The van der Waals surface area contributed by atoms with E-state index in [9.17, 15) is 14.4 Å². The van der Waals surface area contributed by atoms with Gasteiger partial charge in [0.2, 0.25) is 0 Å². The molecular formula is C34H35N3O6S. The third-order valence-electron chi connectivity index (χ3n) is 6.69. The summed E-state index contributed by atoms with van der Waals surface area (Å²) >= 11 is 1.32. The van der Waals surface area contributed by atoms with Crippen LogP contribution in [0.5, 0.6) is 11.5 Å². The van der Waals surface area contributed by atoms with Crippen molar-refractivity contribution in [2.75, 3.05) is 11.9 Å². The maximum absolute atomic E-state index is 12.9. The van der Waals surface area contributed by atoms with E-state index in [1.54, 1.807) is 38.1 Å². The summed E-state index contributed by atoms with van der Waals surface area (Å²) in [6.45, 7) is 9.80. The second-order valence-corrected chi connectivity index (χ2v) is 11.2. The number of nitrogens with one attached hydrogen (secondary N) is 2. The van der Waals surface area contributed by atoms with Crippen molar-refractivity contribution in [1.82, 2.24) is 5.43 Å². The first kappa shape index (κ1) is 32.0. The number of nitrogens with zero attached hydrogens (tertiary/aromatic N) is 1. The molecule has 10 heteroatoms. The predicted molar refractivity (Wildman–Crippen MR) is 172 cm³/mol. The minimum atomic E-state index is -0.839. The standard InChI is InChI=1S/C34H35N3O6S/c1-6-41-34(40)30-22(3)24(5)44-33(30)36-32(39)27-13-17-29(18-14-27)43-23(4)31(38)37-35-19-25-11-15-28(16-12-25)42-20-26-9-7-21(2)8-10-26/h7-19,23H,6,20H2,1-5H3,(H,36,39)(H,37,38)/b35-19+. The molecule has 0 fully saturated rings. The molecule has 0 aliphatic carbocycles. The molecule has 0 bridgehead atoms. The summed E-state index contributed by atoms with van der Waals surface area (Å²) in [5.41, 5.74) is 7.07. The van der Waals surface area contributed by atoms with Crippen molar-refractivity contribution < 1.29 is 28.6 Å². The summed E-state index contributed by atoms with van der Waals surface area (Å²) < 4.78 is 16.7. The second-order valence-electron chi connectivity index (χ2n) is 10.0. The number of hydrogen-bond acceptors (Lipinski definition) is 8. The first-order valence-electron chi connectivity index (χ1n) is 14.1. The lowest BCUT2D eigenvalue weighted by Gasteiger charge is -2.13. The molecule has 0 aliphatic heterocycles. The largest absolute Gasteiger partial charge is 0.489 e. The van der Waals surface area contributed by atoms with E-state index >= 15 is 0 Å². The van der Waals surface area contributed by atoms with Crippen LogP contribution in [0.15, 0.2) is 77.9 Å². The lowest BCUT2D eigenvalue weighted by atomic mass is 10.1. The number of anilines is 1. The number of benzene rings is 3. The van der Waals surface area contributed by atoms with E-state index in [2.05, 4.69) is 28.0 Å². The van der Waals surface area contributed by atoms with Gasteiger partial charge in [-0.05, 0) is 99.8 Å². The third-order valence-corrected chi connectivity index (χ3v) is 7.81. The number of ether oxygens (including phenoxy) is 3. The van der Waals surface area contributed by atoms with Gasteiger partial charge in [-0.25, -0.2) is 10.2 Å². The summed E-state index contributed by atoms with van der Waals surface area (Å²) in [4.78, 5) is 38.7. The van der Waals surface area contributed by atoms with Crippen LogP contribution in [0.3, 0.4) is 0 Å². The highest BCUT2D eigenvalue weighted by molar-refractivity contribution is 7.16. The Kier molecular flexibility index (Phi) is 10.9. The molecule has 2 N–H and O–H groups in total. The fourth-order valence-electron chi connectivity index (χ4n) is 4.04. The molecule has 228 valence electrons. The summed E-state index contributed by atoms with van der Waals surface area (Å²) in [5.74, 6) is -0.146. The summed E-state index contributed by atoms with van der Waals surface area (Å²) in [7, 11) is 0. The first-order valence-corrected chi connectivity index (χ1v) is 14.9. The lowest BCUT2D eigenvalue weighted by molar-refractivity contribution is -0.127. The normalized spacial score (nSPS) is 11.6. The van der Waals surface area contributed by atoms with Crippen molar-refractivity contribution in [2.24, 2.45) is 5.10 Å². The molecule has 4 rings (SSSR count). The van der Waals surface area contributed by atoms with Crippen LogP contribution in [0.25, 0.3) is 0 Å². The van der Waals surface area contributed by atoms with Gasteiger partial charge in [-0.2, -0.15) is 5.10 Å². The van der Waals surface area contributed by atoms with Crippen LogP contribution in [0.2, 0.25) is 0 Å². The Morgan fingerprint density at radius 3 is 2.23 bits per heavy atom. The van der Waals surface area contributed by atoms with Gasteiger partial charge in [0.25, 0.3) is 11.8 Å². The SMILES string of the molecule is CCOC(=O)c1c(NC(=O)c2ccc(OC(C)C(=O)N/N=C/c3ccc(OCc4ccc(C)cc4)cc3)cc2)sc(C)c1C. The Labute approximate surface area is 260 Å². The molecule has 4 aromatic rings. The van der Waals surface area contributed by atoms with Gasteiger partial charge < -0.3 is 19.5 Å². The molecular weight excluding hydrogens is 578 g/mol. The van der Waals surface area contributed by atoms with Gasteiger partial charge in [-0.3, -0.25) is 9.59 Å². The van der Waals surface area contributed by atoms with E-state index in [-0.39, 0.29) is 12.5 Å². The molecule has 1 atom stereocenters. The fraction of sp³-hybridized carbons (Fsp3) is 0.235. The van der Waals surface area contributed by atoms with E-state index in [0.717, 1.165) is 27.3 Å². The molecule has 1 unspecified atom stereocenters. The fourth-order valence-corrected chi connectivity index (χ4v) is 5.09. The van der Waals surface area contributed by atoms with E-state index in [4.69, 9.17) is 14.2 Å². The molecule has 1 heterocycles. The molecule has 2 amide bonds. The Morgan fingerprint density at radius 1 is 0.909 bits per heavy atom. The van der Waals surface area contributed by atoms with Crippen LogP contribution in [-0.4, -0.2) is 36.7 Å². The third kappa shape index (κ3) is 8.54. The highest BCUT2D eigenvalue weighted by Gasteiger charge is 2.22. The average molecular weight is 614 g/mol. The van der Waals surface area contributed by atoms with Gasteiger partial charge in [0.1, 0.15) is 23.1 Å². The summed E-state index contributed by atoms with van der Waals surface area (Å²) in [6, 6.07) is 21.9. The predicted octanol–water partition coefficient (Wildman–Crippen LogP) is 6.60. The van der Waals surface area contributed by atoms with E-state index in [1.165, 1.54) is 23.1 Å². The maximum Gasteiger partial charge on any atom is 0.341 e. The topological polar surface area (TPSA) is 115 Å². The summed E-state index contributed by atoms with van der Waals surface area (Å²) in [6.07, 6.45) is 0.694. The molecule has 0 saturated heterocycles. The number of hydrazone groups is 1. The number of amides is 2. The number of carbonyl (C=O) groups is 3. The van der Waals surface area contributed by atoms with E-state index in [0.29, 0.717) is 28.5 Å². The van der Waals surface area contributed by atoms with Crippen molar-refractivity contribution in [1.29, 1.82) is 0 Å². The van der Waals surface area contributed by atoms with Gasteiger partial charge in [0.05, 0.1) is 18.4 Å². The van der Waals surface area contributed by atoms with Gasteiger partial charge >= 0.3 is 5.97 Å². The zero-order valence-electron chi connectivity index (χ0n) is 25.3. The Balaban J connectivity index is 1.25. The van der Waals surface area contributed by atoms with E-state index < -0.39 is 18.0 Å². The first-order chi connectivity index (χ1) is 21.1. The number of hydrogen-bond donors (Lipinski definition) is 2. The van der Waals surface area contributed by atoms with Gasteiger partial charge in [-0.1, -0.05) is 29.8 Å². The highest BCUT2D eigenvalue weighted by Crippen LogP contribution is 2.33.